The predicted octanol–water partition coefficient (Wildman–Crippen LogP) is 1.41. The molecule has 4 N–H and O–H groups in total. The summed E-state index contributed by atoms with van der Waals surface area (Å²) >= 11 is 0. The van der Waals surface area contributed by atoms with E-state index in [-0.39, 0.29) is 6.04 Å². The Hall–Kier alpha value is -0.340. The molecular formula is C9H20N2. The number of hydrogen-bond donors (Lipinski definition) is 2. The van der Waals surface area contributed by atoms with Crippen molar-refractivity contribution in [3.05, 3.63) is 12.2 Å². The molecule has 0 radical (unpaired) electrons. The molecule has 0 aliphatic heterocycles. The first-order valence-electron chi connectivity index (χ1n) is 4.35. The number of hydrogen-bond acceptors (Lipinski definition) is 2. The van der Waals surface area contributed by atoms with Gasteiger partial charge in [-0.25, -0.2) is 0 Å². The molecule has 0 saturated carbocycles. The van der Waals surface area contributed by atoms with Crippen LogP contribution < -0.4 is 11.5 Å². The van der Waals surface area contributed by atoms with Crippen molar-refractivity contribution < 1.29 is 0 Å². The summed E-state index contributed by atoms with van der Waals surface area (Å²) in [6.07, 6.45) is 4.22. The van der Waals surface area contributed by atoms with Gasteiger partial charge in [-0.2, -0.15) is 0 Å². The summed E-state index contributed by atoms with van der Waals surface area (Å²) in [5, 5.41) is 0. The van der Waals surface area contributed by atoms with Crippen LogP contribution in [0.25, 0.3) is 0 Å². The minimum absolute atomic E-state index is 0.187. The van der Waals surface area contributed by atoms with Gasteiger partial charge in [-0.15, -0.1) is 0 Å². The Balaban J connectivity index is 3.36. The van der Waals surface area contributed by atoms with Crippen LogP contribution in [0.3, 0.4) is 0 Å². The molecule has 0 heterocycles. The van der Waals surface area contributed by atoms with Crippen LogP contribution in [0.4, 0.5) is 0 Å². The van der Waals surface area contributed by atoms with Gasteiger partial charge in [0.2, 0.25) is 0 Å². The zero-order valence-electron chi connectivity index (χ0n) is 7.47. The lowest BCUT2D eigenvalue weighted by Gasteiger charge is -2.12. The van der Waals surface area contributed by atoms with Crippen LogP contribution in [-0.4, -0.2) is 12.6 Å². The van der Waals surface area contributed by atoms with Gasteiger partial charge in [0.15, 0.2) is 0 Å². The summed E-state index contributed by atoms with van der Waals surface area (Å²) in [6, 6.07) is 0.187. The Labute approximate surface area is 69.6 Å². The third-order valence-electron chi connectivity index (χ3n) is 1.95. The summed E-state index contributed by atoms with van der Waals surface area (Å²) in [5.41, 5.74) is 12.3. The molecule has 0 aromatic carbocycles. The van der Waals surface area contributed by atoms with Gasteiger partial charge in [-0.1, -0.05) is 25.5 Å². The Morgan fingerprint density at radius 1 is 1.45 bits per heavy atom. The van der Waals surface area contributed by atoms with E-state index in [0.717, 1.165) is 37.8 Å². The molecule has 0 aromatic heterocycles. The van der Waals surface area contributed by atoms with Crippen molar-refractivity contribution in [3.8, 4) is 0 Å². The molecule has 11 heavy (non-hydrogen) atoms. The third-order valence-corrected chi connectivity index (χ3v) is 1.95. The van der Waals surface area contributed by atoms with Gasteiger partial charge in [0.25, 0.3) is 0 Å². The summed E-state index contributed by atoms with van der Waals surface area (Å²) in [4.78, 5) is 0. The van der Waals surface area contributed by atoms with Gasteiger partial charge in [-0.3, -0.25) is 0 Å². The maximum atomic E-state index is 5.83. The van der Waals surface area contributed by atoms with Gasteiger partial charge in [-0.05, 0) is 25.8 Å². The van der Waals surface area contributed by atoms with E-state index >= 15 is 0 Å². The molecule has 1 atom stereocenters. The lowest BCUT2D eigenvalue weighted by molar-refractivity contribution is 0.609. The summed E-state index contributed by atoms with van der Waals surface area (Å²) in [7, 11) is 0. The van der Waals surface area contributed by atoms with Crippen molar-refractivity contribution in [2.45, 2.75) is 38.6 Å². The standard InChI is InChI=1S/C9H20N2/c1-3-8(2)9(11)6-4-5-7-10/h9H,2-7,10-11H2,1H3/t9-/m1/s1. The second-order valence-corrected chi connectivity index (χ2v) is 2.90. The lowest BCUT2D eigenvalue weighted by Crippen LogP contribution is -2.21. The van der Waals surface area contributed by atoms with Crippen molar-refractivity contribution >= 4 is 0 Å². The predicted molar refractivity (Wildman–Crippen MR) is 50.3 cm³/mol. The average molecular weight is 156 g/mol. The van der Waals surface area contributed by atoms with E-state index in [1.54, 1.807) is 0 Å². The molecule has 0 aliphatic carbocycles. The van der Waals surface area contributed by atoms with E-state index in [0.29, 0.717) is 0 Å². The van der Waals surface area contributed by atoms with E-state index in [2.05, 4.69) is 13.5 Å². The van der Waals surface area contributed by atoms with E-state index < -0.39 is 0 Å². The molecule has 0 aliphatic rings. The molecule has 0 aromatic rings. The fourth-order valence-corrected chi connectivity index (χ4v) is 0.975. The minimum Gasteiger partial charge on any atom is -0.330 e. The quantitative estimate of drug-likeness (QED) is 0.451. The molecule has 0 amide bonds. The molecule has 2 nitrogen and oxygen atoms in total. The molecule has 2 heteroatoms. The number of unbranched alkanes of at least 4 members (excludes halogenated alkanes) is 1. The van der Waals surface area contributed by atoms with Crippen molar-refractivity contribution in [1.82, 2.24) is 0 Å². The van der Waals surface area contributed by atoms with E-state index in [1.165, 1.54) is 0 Å². The maximum absolute atomic E-state index is 5.83. The smallest absolute Gasteiger partial charge is 0.0250 e. The first kappa shape index (κ1) is 10.7. The molecule has 66 valence electrons. The van der Waals surface area contributed by atoms with Crippen molar-refractivity contribution in [1.29, 1.82) is 0 Å². The number of nitrogens with two attached hydrogens (primary N) is 2. The van der Waals surface area contributed by atoms with E-state index in [9.17, 15) is 0 Å². The summed E-state index contributed by atoms with van der Waals surface area (Å²) in [5.74, 6) is 0. The SMILES string of the molecule is C=C(CC)[C@H](N)CCCCN. The zero-order chi connectivity index (χ0) is 8.69. The van der Waals surface area contributed by atoms with E-state index in [1.807, 2.05) is 0 Å². The molecule has 0 unspecified atom stereocenters. The summed E-state index contributed by atoms with van der Waals surface area (Å²) < 4.78 is 0. The second-order valence-electron chi connectivity index (χ2n) is 2.90. The monoisotopic (exact) mass is 156 g/mol. The molecular weight excluding hydrogens is 136 g/mol. The molecule has 0 spiro atoms. The Kier molecular flexibility index (Phi) is 6.18. The summed E-state index contributed by atoms with van der Waals surface area (Å²) in [6.45, 7) is 6.75. The van der Waals surface area contributed by atoms with Gasteiger partial charge in [0.1, 0.15) is 0 Å². The van der Waals surface area contributed by atoms with Crippen LogP contribution >= 0.6 is 0 Å². The Morgan fingerprint density at radius 3 is 2.55 bits per heavy atom. The second kappa shape index (κ2) is 6.38. The highest BCUT2D eigenvalue weighted by molar-refractivity contribution is 5.02. The zero-order valence-corrected chi connectivity index (χ0v) is 7.47. The van der Waals surface area contributed by atoms with Crippen LogP contribution in [0.5, 0.6) is 0 Å². The van der Waals surface area contributed by atoms with Gasteiger partial charge < -0.3 is 11.5 Å². The van der Waals surface area contributed by atoms with Crippen LogP contribution in [0.2, 0.25) is 0 Å². The van der Waals surface area contributed by atoms with E-state index in [4.69, 9.17) is 11.5 Å². The van der Waals surface area contributed by atoms with Crippen LogP contribution in [0.1, 0.15) is 32.6 Å². The minimum atomic E-state index is 0.187. The number of rotatable bonds is 6. The largest absolute Gasteiger partial charge is 0.330 e. The van der Waals surface area contributed by atoms with Gasteiger partial charge in [0, 0.05) is 6.04 Å². The van der Waals surface area contributed by atoms with Gasteiger partial charge >= 0.3 is 0 Å². The fourth-order valence-electron chi connectivity index (χ4n) is 0.975. The lowest BCUT2D eigenvalue weighted by atomic mass is 10.0. The normalized spacial score (nSPS) is 13.0. The Bertz CT molecular complexity index is 110. The van der Waals surface area contributed by atoms with Gasteiger partial charge in [0.05, 0.1) is 0 Å². The van der Waals surface area contributed by atoms with Crippen LogP contribution in [0, 0.1) is 0 Å². The van der Waals surface area contributed by atoms with Crippen molar-refractivity contribution in [3.63, 3.8) is 0 Å². The van der Waals surface area contributed by atoms with Crippen LogP contribution in [0.15, 0.2) is 12.2 Å². The highest BCUT2D eigenvalue weighted by atomic mass is 14.6. The molecule has 0 saturated heterocycles. The van der Waals surface area contributed by atoms with Crippen molar-refractivity contribution in [2.24, 2.45) is 11.5 Å². The first-order chi connectivity index (χ1) is 5.22. The fraction of sp³-hybridized carbons (Fsp3) is 0.778. The highest BCUT2D eigenvalue weighted by Gasteiger charge is 2.03. The topological polar surface area (TPSA) is 52.0 Å². The molecule has 0 fully saturated rings. The first-order valence-corrected chi connectivity index (χ1v) is 4.35. The highest BCUT2D eigenvalue weighted by Crippen LogP contribution is 2.08. The van der Waals surface area contributed by atoms with Crippen LogP contribution in [-0.2, 0) is 0 Å². The molecule has 0 bridgehead atoms. The maximum Gasteiger partial charge on any atom is 0.0250 e. The molecule has 0 rings (SSSR count). The van der Waals surface area contributed by atoms with Crippen molar-refractivity contribution in [2.75, 3.05) is 6.54 Å². The Morgan fingerprint density at radius 2 is 2.09 bits per heavy atom. The third kappa shape index (κ3) is 4.99. The average Bonchev–Trinajstić information content (AvgIpc) is 2.03.